The number of benzene rings is 2. The molecule has 0 amide bonds. The van der Waals surface area contributed by atoms with Crippen LogP contribution in [0.3, 0.4) is 0 Å². The average Bonchev–Trinajstić information content (AvgIpc) is 2.78. The van der Waals surface area contributed by atoms with E-state index in [2.05, 4.69) is 26.1 Å². The molecule has 0 radical (unpaired) electrons. The first-order chi connectivity index (χ1) is 16.2. The first-order valence-corrected chi connectivity index (χ1v) is 12.4. The molecule has 5 nitrogen and oxygen atoms in total. The number of para-hydroxylation sites is 1. The summed E-state index contributed by atoms with van der Waals surface area (Å²) in [7, 11) is 0. The van der Waals surface area contributed by atoms with Gasteiger partial charge < -0.3 is 14.8 Å². The molecule has 3 rings (SSSR count). The molecule has 0 heterocycles. The first kappa shape index (κ1) is 26.0. The summed E-state index contributed by atoms with van der Waals surface area (Å²) in [6, 6.07) is 13.2. The van der Waals surface area contributed by atoms with Crippen LogP contribution >= 0.6 is 11.8 Å². The number of ether oxygens (including phenoxy) is 2. The molecule has 1 aliphatic rings. The van der Waals surface area contributed by atoms with E-state index in [1.165, 1.54) is 0 Å². The van der Waals surface area contributed by atoms with Crippen LogP contribution in [0, 0.1) is 17.8 Å². The van der Waals surface area contributed by atoms with Crippen molar-refractivity contribution in [2.75, 3.05) is 11.9 Å². The summed E-state index contributed by atoms with van der Waals surface area (Å²) in [6.45, 7) is 5.97. The number of nitrogens with one attached hydrogen (secondary N) is 1. The number of hydrogen-bond acceptors (Lipinski definition) is 6. The van der Waals surface area contributed by atoms with Crippen LogP contribution in [0.1, 0.15) is 50.4 Å². The molecule has 0 spiro atoms. The summed E-state index contributed by atoms with van der Waals surface area (Å²) in [4.78, 5) is 25.6. The van der Waals surface area contributed by atoms with E-state index in [0.29, 0.717) is 45.8 Å². The minimum atomic E-state index is -2.49. The van der Waals surface area contributed by atoms with Crippen LogP contribution in [0.25, 0.3) is 0 Å². The van der Waals surface area contributed by atoms with Crippen molar-refractivity contribution >= 4 is 35.1 Å². The van der Waals surface area contributed by atoms with Gasteiger partial charge in [0.05, 0.1) is 11.3 Å². The Kier molecular flexibility index (Phi) is 9.33. The lowest BCUT2D eigenvalue weighted by molar-refractivity contribution is -0.159. The third kappa shape index (κ3) is 7.45. The number of esters is 2. The lowest BCUT2D eigenvalue weighted by Crippen LogP contribution is -2.36. The number of anilines is 2. The Balaban J connectivity index is 1.58. The zero-order valence-corrected chi connectivity index (χ0v) is 20.4. The quantitative estimate of drug-likeness (QED) is 0.304. The molecule has 34 heavy (non-hydrogen) atoms. The zero-order chi connectivity index (χ0) is 24.7. The Morgan fingerprint density at radius 3 is 2.47 bits per heavy atom. The maximum atomic E-state index is 12.7. The van der Waals surface area contributed by atoms with Crippen LogP contribution in [0.2, 0.25) is 0 Å². The molecule has 1 aliphatic carbocycles. The Morgan fingerprint density at radius 1 is 1.09 bits per heavy atom. The van der Waals surface area contributed by atoms with Gasteiger partial charge in [-0.2, -0.15) is 8.78 Å². The van der Waals surface area contributed by atoms with E-state index in [9.17, 15) is 18.4 Å². The molecule has 2 aromatic carbocycles. The number of hydrogen-bond donors (Lipinski definition) is 1. The molecular weight excluding hydrogens is 460 g/mol. The van der Waals surface area contributed by atoms with E-state index >= 15 is 0 Å². The highest BCUT2D eigenvalue weighted by Crippen LogP contribution is 2.35. The van der Waals surface area contributed by atoms with Crippen molar-refractivity contribution in [3.05, 3.63) is 54.1 Å². The van der Waals surface area contributed by atoms with E-state index in [4.69, 9.17) is 9.47 Å². The highest BCUT2D eigenvalue weighted by Gasteiger charge is 2.33. The third-order valence-corrected chi connectivity index (χ3v) is 6.79. The number of carbonyl (C=O) groups excluding carboxylic acids is 2. The number of thioether (sulfide) groups is 1. The second kappa shape index (κ2) is 12.2. The van der Waals surface area contributed by atoms with Crippen molar-refractivity contribution in [3.63, 3.8) is 0 Å². The van der Waals surface area contributed by atoms with Gasteiger partial charge in [0.25, 0.3) is 5.76 Å². The lowest BCUT2D eigenvalue weighted by Gasteiger charge is -2.36. The Morgan fingerprint density at radius 2 is 1.79 bits per heavy atom. The third-order valence-electron chi connectivity index (χ3n) is 6.07. The maximum Gasteiger partial charge on any atom is 0.344 e. The fourth-order valence-corrected chi connectivity index (χ4v) is 4.80. The Labute approximate surface area is 203 Å². The normalized spacial score (nSPS) is 20.3. The van der Waals surface area contributed by atoms with Crippen molar-refractivity contribution < 1.29 is 27.8 Å². The molecule has 3 atom stereocenters. The summed E-state index contributed by atoms with van der Waals surface area (Å²) in [5, 5.41) is 3.10. The zero-order valence-electron chi connectivity index (χ0n) is 19.6. The van der Waals surface area contributed by atoms with Crippen LogP contribution in [0.15, 0.2) is 53.4 Å². The maximum absolute atomic E-state index is 12.7. The van der Waals surface area contributed by atoms with E-state index in [-0.39, 0.29) is 11.7 Å². The van der Waals surface area contributed by atoms with Gasteiger partial charge in [-0.25, -0.2) is 9.59 Å². The predicted octanol–water partition coefficient (Wildman–Crippen LogP) is 6.91. The average molecular weight is 492 g/mol. The van der Waals surface area contributed by atoms with Crippen molar-refractivity contribution in [1.29, 1.82) is 0 Å². The molecule has 0 saturated heterocycles. The molecule has 1 fully saturated rings. The number of alkyl halides is 2. The van der Waals surface area contributed by atoms with Gasteiger partial charge in [0.2, 0.25) is 0 Å². The van der Waals surface area contributed by atoms with Gasteiger partial charge in [-0.1, -0.05) is 51.1 Å². The highest BCUT2D eigenvalue weighted by atomic mass is 32.2. The van der Waals surface area contributed by atoms with Crippen molar-refractivity contribution in [3.8, 4) is 0 Å². The van der Waals surface area contributed by atoms with Gasteiger partial charge >= 0.3 is 11.9 Å². The molecule has 184 valence electrons. The second-order valence-electron chi connectivity index (χ2n) is 9.00. The molecule has 8 heteroatoms. The fraction of sp³-hybridized carbons (Fsp3) is 0.462. The minimum absolute atomic E-state index is 0.157. The van der Waals surface area contributed by atoms with Crippen LogP contribution in [-0.4, -0.2) is 30.4 Å². The SMILES string of the molecule is CC(C)[C@@H]1CC[C@H](C)C[C@@H]1OC(=O)COC(=O)c1ccccc1Nc1ccc(SC(F)F)cc1. The Hall–Kier alpha value is -2.61. The van der Waals surface area contributed by atoms with Crippen LogP contribution in [-0.2, 0) is 14.3 Å². The molecule has 0 unspecified atom stereocenters. The van der Waals surface area contributed by atoms with Gasteiger partial charge in [0.15, 0.2) is 6.61 Å². The van der Waals surface area contributed by atoms with Crippen LogP contribution < -0.4 is 5.32 Å². The molecular formula is C26H31F2NO4S. The number of halogens is 2. The van der Waals surface area contributed by atoms with Gasteiger partial charge in [0.1, 0.15) is 6.10 Å². The van der Waals surface area contributed by atoms with Gasteiger partial charge in [-0.3, -0.25) is 0 Å². The fourth-order valence-electron chi connectivity index (χ4n) is 4.30. The number of rotatable bonds is 9. The topological polar surface area (TPSA) is 64.6 Å². The summed E-state index contributed by atoms with van der Waals surface area (Å²) < 4.78 is 36.0. The van der Waals surface area contributed by atoms with Crippen molar-refractivity contribution in [1.82, 2.24) is 0 Å². The van der Waals surface area contributed by atoms with Gasteiger partial charge in [0, 0.05) is 10.6 Å². The first-order valence-electron chi connectivity index (χ1n) is 11.5. The summed E-state index contributed by atoms with van der Waals surface area (Å²) in [5.41, 5.74) is 1.37. The molecule has 0 bridgehead atoms. The lowest BCUT2D eigenvalue weighted by atomic mass is 9.75. The Bertz CT molecular complexity index is 968. The highest BCUT2D eigenvalue weighted by molar-refractivity contribution is 7.99. The standard InChI is InChI=1S/C26H31F2NO4S/c1-16(2)20-13-8-17(3)14-23(20)33-24(30)15-32-25(31)21-6-4-5-7-22(21)29-18-9-11-19(12-10-18)34-26(27)28/h4-7,9-12,16-17,20,23,26,29H,8,13-15H2,1-3H3/t17-,20-,23-/m0/s1. The molecule has 0 aromatic heterocycles. The minimum Gasteiger partial charge on any atom is -0.460 e. The summed E-state index contributed by atoms with van der Waals surface area (Å²) in [6.07, 6.45) is 2.82. The molecule has 1 N–H and O–H groups in total. The summed E-state index contributed by atoms with van der Waals surface area (Å²) in [5.74, 6) is -2.46. The second-order valence-corrected chi connectivity index (χ2v) is 10.1. The summed E-state index contributed by atoms with van der Waals surface area (Å²) >= 11 is 0.466. The van der Waals surface area contributed by atoms with Crippen molar-refractivity contribution in [2.24, 2.45) is 17.8 Å². The molecule has 2 aromatic rings. The monoisotopic (exact) mass is 491 g/mol. The van der Waals surface area contributed by atoms with E-state index < -0.39 is 24.3 Å². The van der Waals surface area contributed by atoms with Gasteiger partial charge in [-0.15, -0.1) is 0 Å². The molecule has 1 saturated carbocycles. The number of carbonyl (C=O) groups is 2. The predicted molar refractivity (Wildman–Crippen MR) is 130 cm³/mol. The largest absolute Gasteiger partial charge is 0.460 e. The molecule has 0 aliphatic heterocycles. The van der Waals surface area contributed by atoms with Crippen LogP contribution in [0.4, 0.5) is 20.2 Å². The van der Waals surface area contributed by atoms with E-state index in [1.807, 2.05) is 0 Å². The smallest absolute Gasteiger partial charge is 0.344 e. The van der Waals surface area contributed by atoms with Crippen LogP contribution in [0.5, 0.6) is 0 Å². The van der Waals surface area contributed by atoms with Gasteiger partial charge in [-0.05, 0) is 67.0 Å². The van der Waals surface area contributed by atoms with E-state index in [1.54, 1.807) is 48.5 Å². The van der Waals surface area contributed by atoms with E-state index in [0.717, 1.165) is 19.3 Å². The van der Waals surface area contributed by atoms with Crippen molar-refractivity contribution in [2.45, 2.75) is 56.8 Å².